The quantitative estimate of drug-likeness (QED) is 0.252. The number of nitrogens with zero attached hydrogens (tertiary/aromatic N) is 1. The van der Waals surface area contributed by atoms with Crippen molar-refractivity contribution in [2.75, 3.05) is 4.90 Å². The number of rotatable bonds is 4. The average molecular weight is 432 g/mol. The Bertz CT molecular complexity index is 1210. The van der Waals surface area contributed by atoms with E-state index in [-0.39, 0.29) is 22.2 Å². The lowest BCUT2D eigenvalue weighted by Gasteiger charge is -2.29. The Hall–Kier alpha value is -4.17. The van der Waals surface area contributed by atoms with Gasteiger partial charge in [-0.3, -0.25) is 19.8 Å². The van der Waals surface area contributed by atoms with E-state index in [9.17, 15) is 19.8 Å². The number of phenols is 2. The summed E-state index contributed by atoms with van der Waals surface area (Å²) >= 11 is 5.20. The van der Waals surface area contributed by atoms with Gasteiger partial charge < -0.3 is 14.9 Å². The molecule has 1 aliphatic rings. The lowest BCUT2D eigenvalue weighted by Crippen LogP contribution is -2.54. The molecule has 0 unspecified atom stereocenters. The van der Waals surface area contributed by atoms with Crippen LogP contribution in [0.15, 0.2) is 78.4 Å². The van der Waals surface area contributed by atoms with Gasteiger partial charge in [0.05, 0.1) is 5.69 Å². The number of carbonyl (C=O) groups excluding carboxylic acids is 2. The zero-order chi connectivity index (χ0) is 22.0. The highest BCUT2D eigenvalue weighted by atomic mass is 32.1. The van der Waals surface area contributed by atoms with Crippen LogP contribution in [0.4, 0.5) is 5.69 Å². The summed E-state index contributed by atoms with van der Waals surface area (Å²) in [5, 5.41) is 21.6. The number of ether oxygens (including phenoxy) is 1. The zero-order valence-corrected chi connectivity index (χ0v) is 16.8. The van der Waals surface area contributed by atoms with Gasteiger partial charge in [-0.05, 0) is 72.4 Å². The fourth-order valence-electron chi connectivity index (χ4n) is 2.98. The van der Waals surface area contributed by atoms with Gasteiger partial charge in [0.2, 0.25) is 0 Å². The van der Waals surface area contributed by atoms with E-state index in [1.54, 1.807) is 24.3 Å². The molecule has 154 valence electrons. The summed E-state index contributed by atoms with van der Waals surface area (Å²) in [5.41, 5.74) is 0.659. The van der Waals surface area contributed by atoms with Gasteiger partial charge in [0.15, 0.2) is 16.6 Å². The first-order chi connectivity index (χ1) is 14.9. The molecule has 4 rings (SSSR count). The first-order valence-electron chi connectivity index (χ1n) is 9.19. The zero-order valence-electron chi connectivity index (χ0n) is 16.0. The molecule has 0 atom stereocenters. The minimum absolute atomic E-state index is 0.0440. The molecule has 0 aliphatic carbocycles. The number of thiocarbonyl (C=S) groups is 1. The first kappa shape index (κ1) is 20.1. The van der Waals surface area contributed by atoms with Crippen molar-refractivity contribution in [2.24, 2.45) is 0 Å². The predicted molar refractivity (Wildman–Crippen MR) is 119 cm³/mol. The topological polar surface area (TPSA) is 99.1 Å². The van der Waals surface area contributed by atoms with Gasteiger partial charge in [-0.2, -0.15) is 0 Å². The van der Waals surface area contributed by atoms with Crippen LogP contribution in [0.2, 0.25) is 0 Å². The van der Waals surface area contributed by atoms with Crippen molar-refractivity contribution in [3.8, 4) is 23.0 Å². The second-order valence-corrected chi connectivity index (χ2v) is 7.00. The third-order valence-corrected chi connectivity index (χ3v) is 4.77. The average Bonchev–Trinajstić information content (AvgIpc) is 2.75. The molecule has 1 aliphatic heterocycles. The van der Waals surface area contributed by atoms with Crippen molar-refractivity contribution in [2.45, 2.75) is 0 Å². The van der Waals surface area contributed by atoms with Crippen molar-refractivity contribution < 1.29 is 24.5 Å². The molecular formula is C23H16N2O5S. The Morgan fingerprint density at radius 1 is 0.871 bits per heavy atom. The Balaban J connectivity index is 1.61. The molecule has 1 saturated heterocycles. The number of para-hydroxylation sites is 1. The minimum atomic E-state index is -0.650. The van der Waals surface area contributed by atoms with Crippen molar-refractivity contribution >= 4 is 40.9 Å². The van der Waals surface area contributed by atoms with E-state index in [0.717, 1.165) is 0 Å². The highest BCUT2D eigenvalue weighted by Crippen LogP contribution is 2.29. The first-order valence-corrected chi connectivity index (χ1v) is 9.59. The standard InChI is InChI=1S/C23H16N2O5S/c26-19-11-6-14(13-20(19)27)12-18-21(28)24-23(31)25(22(18)29)15-7-9-17(10-8-15)30-16-4-2-1-3-5-16/h1-13,26-27H,(H,24,28,31)/b18-12+. The summed E-state index contributed by atoms with van der Waals surface area (Å²) in [6.07, 6.45) is 1.32. The molecule has 0 spiro atoms. The van der Waals surface area contributed by atoms with E-state index in [1.807, 2.05) is 30.3 Å². The Morgan fingerprint density at radius 3 is 2.23 bits per heavy atom. The number of aromatic hydroxyl groups is 2. The fourth-order valence-corrected chi connectivity index (χ4v) is 3.26. The van der Waals surface area contributed by atoms with Crippen LogP contribution >= 0.6 is 12.2 Å². The van der Waals surface area contributed by atoms with Gasteiger partial charge in [-0.15, -0.1) is 0 Å². The van der Waals surface area contributed by atoms with Crippen LogP contribution in [0, 0.1) is 0 Å². The minimum Gasteiger partial charge on any atom is -0.504 e. The van der Waals surface area contributed by atoms with Gasteiger partial charge in [-0.1, -0.05) is 24.3 Å². The number of hydrogen-bond donors (Lipinski definition) is 3. The van der Waals surface area contributed by atoms with Crippen molar-refractivity contribution in [1.29, 1.82) is 0 Å². The number of amides is 2. The third kappa shape index (κ3) is 4.24. The molecule has 31 heavy (non-hydrogen) atoms. The van der Waals surface area contributed by atoms with E-state index in [4.69, 9.17) is 17.0 Å². The second-order valence-electron chi connectivity index (χ2n) is 6.62. The predicted octanol–water partition coefficient (Wildman–Crippen LogP) is 3.72. The Kier molecular flexibility index (Phi) is 5.38. The van der Waals surface area contributed by atoms with E-state index in [1.165, 1.54) is 29.2 Å². The molecule has 7 nitrogen and oxygen atoms in total. The van der Waals surface area contributed by atoms with Gasteiger partial charge in [0, 0.05) is 0 Å². The summed E-state index contributed by atoms with van der Waals surface area (Å²) in [4.78, 5) is 26.6. The smallest absolute Gasteiger partial charge is 0.270 e. The maximum atomic E-state index is 13.0. The number of hydrogen-bond acceptors (Lipinski definition) is 6. The molecule has 0 aromatic heterocycles. The molecule has 3 aromatic rings. The third-order valence-electron chi connectivity index (χ3n) is 4.49. The molecule has 3 aromatic carbocycles. The highest BCUT2D eigenvalue weighted by molar-refractivity contribution is 7.80. The molecule has 0 saturated carbocycles. The van der Waals surface area contributed by atoms with Crippen LogP contribution < -0.4 is 15.0 Å². The summed E-state index contributed by atoms with van der Waals surface area (Å²) < 4.78 is 5.75. The van der Waals surface area contributed by atoms with E-state index in [2.05, 4.69) is 5.32 Å². The van der Waals surface area contributed by atoms with Gasteiger partial charge in [0.25, 0.3) is 11.8 Å². The Morgan fingerprint density at radius 2 is 1.55 bits per heavy atom. The molecular weight excluding hydrogens is 416 g/mol. The van der Waals surface area contributed by atoms with Crippen molar-refractivity contribution in [1.82, 2.24) is 5.32 Å². The SMILES string of the molecule is O=C1NC(=S)N(c2ccc(Oc3ccccc3)cc2)C(=O)/C1=C/c1ccc(O)c(O)c1. The summed E-state index contributed by atoms with van der Waals surface area (Å²) in [6, 6.07) is 19.9. The number of nitrogens with one attached hydrogen (secondary N) is 1. The van der Waals surface area contributed by atoms with E-state index >= 15 is 0 Å². The number of anilines is 1. The van der Waals surface area contributed by atoms with E-state index in [0.29, 0.717) is 22.7 Å². The van der Waals surface area contributed by atoms with E-state index < -0.39 is 11.8 Å². The molecule has 0 radical (unpaired) electrons. The largest absolute Gasteiger partial charge is 0.504 e. The molecule has 8 heteroatoms. The lowest BCUT2D eigenvalue weighted by atomic mass is 10.1. The van der Waals surface area contributed by atoms with Crippen LogP contribution in [-0.2, 0) is 9.59 Å². The normalized spacial score (nSPS) is 15.2. The van der Waals surface area contributed by atoms with Crippen LogP contribution in [0.25, 0.3) is 6.08 Å². The second kappa shape index (κ2) is 8.29. The Labute approximate surface area is 182 Å². The van der Waals surface area contributed by atoms with Crippen LogP contribution in [0.3, 0.4) is 0 Å². The number of phenolic OH excluding ortho intramolecular Hbond substituents is 2. The summed E-state index contributed by atoms with van der Waals surface area (Å²) in [5.74, 6) is -0.679. The van der Waals surface area contributed by atoms with Crippen molar-refractivity contribution in [3.05, 3.63) is 83.9 Å². The highest BCUT2D eigenvalue weighted by Gasteiger charge is 2.34. The summed E-state index contributed by atoms with van der Waals surface area (Å²) in [6.45, 7) is 0. The maximum absolute atomic E-state index is 13.0. The van der Waals surface area contributed by atoms with Crippen LogP contribution in [0.1, 0.15) is 5.56 Å². The molecule has 1 fully saturated rings. The lowest BCUT2D eigenvalue weighted by molar-refractivity contribution is -0.122. The van der Waals surface area contributed by atoms with Gasteiger partial charge in [0.1, 0.15) is 17.1 Å². The molecule has 2 amide bonds. The number of carbonyl (C=O) groups is 2. The van der Waals surface area contributed by atoms with Crippen LogP contribution in [0.5, 0.6) is 23.0 Å². The summed E-state index contributed by atoms with van der Waals surface area (Å²) in [7, 11) is 0. The monoisotopic (exact) mass is 432 g/mol. The fraction of sp³-hybridized carbons (Fsp3) is 0. The van der Waals surface area contributed by atoms with Crippen molar-refractivity contribution in [3.63, 3.8) is 0 Å². The maximum Gasteiger partial charge on any atom is 0.270 e. The molecule has 3 N–H and O–H groups in total. The van der Waals surface area contributed by atoms with Gasteiger partial charge >= 0.3 is 0 Å². The molecule has 1 heterocycles. The number of benzene rings is 3. The van der Waals surface area contributed by atoms with Gasteiger partial charge in [-0.25, -0.2) is 0 Å². The van der Waals surface area contributed by atoms with Crippen LogP contribution in [-0.4, -0.2) is 27.1 Å². The molecule has 0 bridgehead atoms.